The fourth-order valence-electron chi connectivity index (χ4n) is 1.94. The predicted octanol–water partition coefficient (Wildman–Crippen LogP) is 4.17. The highest BCUT2D eigenvalue weighted by molar-refractivity contribution is 7.80. The molecule has 7 heteroatoms. The fraction of sp³-hybridized carbons (Fsp3) is 0.188. The van der Waals surface area contributed by atoms with Crippen molar-refractivity contribution in [1.29, 1.82) is 0 Å². The van der Waals surface area contributed by atoms with Gasteiger partial charge in [0.25, 0.3) is 0 Å². The number of benzene rings is 2. The predicted molar refractivity (Wildman–Crippen MR) is 97.4 cm³/mol. The highest BCUT2D eigenvalue weighted by atomic mass is 35.5. The zero-order valence-electron chi connectivity index (χ0n) is 13.0. The van der Waals surface area contributed by atoms with Crippen LogP contribution in [0.15, 0.2) is 36.4 Å². The van der Waals surface area contributed by atoms with Crippen LogP contribution in [0.5, 0.6) is 17.2 Å². The molecule has 0 spiro atoms. The van der Waals surface area contributed by atoms with Gasteiger partial charge in [-0.1, -0.05) is 17.7 Å². The molecule has 2 N–H and O–H groups in total. The number of rotatable bonds is 5. The molecule has 0 aliphatic heterocycles. The van der Waals surface area contributed by atoms with Crippen LogP contribution in [-0.4, -0.2) is 26.4 Å². The van der Waals surface area contributed by atoms with Crippen molar-refractivity contribution in [2.45, 2.75) is 0 Å². The molecule has 122 valence electrons. The van der Waals surface area contributed by atoms with Gasteiger partial charge >= 0.3 is 0 Å². The van der Waals surface area contributed by atoms with Gasteiger partial charge in [0.2, 0.25) is 0 Å². The number of anilines is 2. The number of ether oxygens (including phenoxy) is 3. The molecule has 2 aromatic rings. The van der Waals surface area contributed by atoms with E-state index in [4.69, 9.17) is 38.0 Å². The van der Waals surface area contributed by atoms with E-state index in [1.807, 2.05) is 24.3 Å². The molecule has 23 heavy (non-hydrogen) atoms. The second-order valence-corrected chi connectivity index (χ2v) is 5.31. The molecular formula is C16H17ClN2O3S. The van der Waals surface area contributed by atoms with Crippen molar-refractivity contribution >= 4 is 40.3 Å². The quantitative estimate of drug-likeness (QED) is 0.787. The van der Waals surface area contributed by atoms with Crippen LogP contribution in [0.3, 0.4) is 0 Å². The van der Waals surface area contributed by atoms with Crippen molar-refractivity contribution in [3.8, 4) is 17.2 Å². The summed E-state index contributed by atoms with van der Waals surface area (Å²) in [5.41, 5.74) is 1.44. The van der Waals surface area contributed by atoms with E-state index in [2.05, 4.69) is 10.6 Å². The molecule has 0 aliphatic carbocycles. The van der Waals surface area contributed by atoms with Gasteiger partial charge in [-0.2, -0.15) is 0 Å². The fourth-order valence-corrected chi connectivity index (χ4v) is 2.41. The number of hydrogen-bond donors (Lipinski definition) is 2. The molecular weight excluding hydrogens is 336 g/mol. The van der Waals surface area contributed by atoms with Crippen LogP contribution in [0.4, 0.5) is 11.4 Å². The first-order valence-electron chi connectivity index (χ1n) is 6.71. The van der Waals surface area contributed by atoms with E-state index in [1.165, 1.54) is 0 Å². The summed E-state index contributed by atoms with van der Waals surface area (Å²) >= 11 is 11.5. The second-order valence-electron chi connectivity index (χ2n) is 4.50. The molecule has 2 aromatic carbocycles. The molecule has 0 saturated heterocycles. The van der Waals surface area contributed by atoms with E-state index in [1.54, 1.807) is 33.5 Å². The Morgan fingerprint density at radius 3 is 2.35 bits per heavy atom. The van der Waals surface area contributed by atoms with Gasteiger partial charge < -0.3 is 24.8 Å². The molecule has 0 aromatic heterocycles. The van der Waals surface area contributed by atoms with E-state index in [0.717, 1.165) is 11.4 Å². The Kier molecular flexibility index (Phi) is 5.90. The number of thiocarbonyl (C=S) groups is 1. The van der Waals surface area contributed by atoms with Gasteiger partial charge in [0, 0.05) is 17.8 Å². The van der Waals surface area contributed by atoms with Gasteiger partial charge in [-0.25, -0.2) is 0 Å². The average Bonchev–Trinajstić information content (AvgIpc) is 2.55. The van der Waals surface area contributed by atoms with Crippen molar-refractivity contribution in [2.24, 2.45) is 0 Å². The van der Waals surface area contributed by atoms with Crippen LogP contribution in [0, 0.1) is 0 Å². The molecule has 0 heterocycles. The maximum atomic E-state index is 6.14. The van der Waals surface area contributed by atoms with Crippen LogP contribution in [-0.2, 0) is 0 Å². The minimum Gasteiger partial charge on any atom is -0.497 e. The normalized spacial score (nSPS) is 9.91. The Balaban J connectivity index is 2.14. The molecule has 0 atom stereocenters. The lowest BCUT2D eigenvalue weighted by Crippen LogP contribution is -2.19. The molecule has 0 radical (unpaired) electrons. The molecule has 0 bridgehead atoms. The summed E-state index contributed by atoms with van der Waals surface area (Å²) in [7, 11) is 4.72. The third kappa shape index (κ3) is 4.40. The van der Waals surface area contributed by atoms with Crippen LogP contribution in [0.25, 0.3) is 0 Å². The number of hydrogen-bond acceptors (Lipinski definition) is 4. The minimum absolute atomic E-state index is 0.401. The lowest BCUT2D eigenvalue weighted by Gasteiger charge is -2.15. The molecule has 2 rings (SSSR count). The van der Waals surface area contributed by atoms with E-state index in [0.29, 0.717) is 27.3 Å². The van der Waals surface area contributed by atoms with E-state index >= 15 is 0 Å². The summed E-state index contributed by atoms with van der Waals surface area (Å²) in [5.74, 6) is 1.84. The maximum absolute atomic E-state index is 6.14. The molecule has 5 nitrogen and oxygen atoms in total. The second kappa shape index (κ2) is 7.89. The van der Waals surface area contributed by atoms with Gasteiger partial charge in [-0.05, 0) is 30.4 Å². The molecule has 0 saturated carbocycles. The first-order valence-corrected chi connectivity index (χ1v) is 7.49. The number of nitrogens with one attached hydrogen (secondary N) is 2. The lowest BCUT2D eigenvalue weighted by atomic mass is 10.2. The topological polar surface area (TPSA) is 51.8 Å². The summed E-state index contributed by atoms with van der Waals surface area (Å²) in [6.45, 7) is 0. The maximum Gasteiger partial charge on any atom is 0.175 e. The van der Waals surface area contributed by atoms with E-state index in [9.17, 15) is 0 Å². The molecule has 0 aliphatic rings. The molecule has 0 amide bonds. The number of methoxy groups -OCH3 is 3. The standard InChI is InChI=1S/C16H17ClN2O3S/c1-20-11-6-4-5-10(7-11)18-16(23)19-13-8-12(17)14(21-2)9-15(13)22-3/h4-9H,1-3H3,(H2,18,19,23). The smallest absolute Gasteiger partial charge is 0.175 e. The molecule has 0 fully saturated rings. The Morgan fingerprint density at radius 2 is 1.70 bits per heavy atom. The molecule has 0 unspecified atom stereocenters. The SMILES string of the molecule is COc1cccc(NC(=S)Nc2cc(Cl)c(OC)cc2OC)c1. The Morgan fingerprint density at radius 1 is 0.957 bits per heavy atom. The van der Waals surface area contributed by atoms with Crippen LogP contribution >= 0.6 is 23.8 Å². The van der Waals surface area contributed by atoms with Gasteiger partial charge in [0.1, 0.15) is 17.2 Å². The van der Waals surface area contributed by atoms with Crippen molar-refractivity contribution in [3.05, 3.63) is 41.4 Å². The van der Waals surface area contributed by atoms with Gasteiger partial charge in [-0.15, -0.1) is 0 Å². The monoisotopic (exact) mass is 352 g/mol. The highest BCUT2D eigenvalue weighted by Crippen LogP contribution is 2.35. The average molecular weight is 353 g/mol. The third-order valence-electron chi connectivity index (χ3n) is 3.05. The Labute approximate surface area is 145 Å². The Hall–Kier alpha value is -2.18. The summed E-state index contributed by atoms with van der Waals surface area (Å²) < 4.78 is 15.7. The van der Waals surface area contributed by atoms with Crippen LogP contribution in [0.1, 0.15) is 0 Å². The lowest BCUT2D eigenvalue weighted by molar-refractivity contribution is 0.396. The zero-order chi connectivity index (χ0) is 16.8. The van der Waals surface area contributed by atoms with Crippen molar-refractivity contribution in [3.63, 3.8) is 0 Å². The van der Waals surface area contributed by atoms with E-state index < -0.39 is 0 Å². The largest absolute Gasteiger partial charge is 0.497 e. The Bertz CT molecular complexity index is 710. The van der Waals surface area contributed by atoms with Gasteiger partial charge in [0.05, 0.1) is 32.0 Å². The van der Waals surface area contributed by atoms with Gasteiger partial charge in [0.15, 0.2) is 5.11 Å². The minimum atomic E-state index is 0.401. The van der Waals surface area contributed by atoms with Crippen molar-refractivity contribution < 1.29 is 14.2 Å². The first-order chi connectivity index (χ1) is 11.1. The van der Waals surface area contributed by atoms with E-state index in [-0.39, 0.29) is 0 Å². The summed E-state index contributed by atoms with van der Waals surface area (Å²) in [5, 5.41) is 6.99. The first kappa shape index (κ1) is 17.2. The van der Waals surface area contributed by atoms with Crippen molar-refractivity contribution in [1.82, 2.24) is 0 Å². The third-order valence-corrected chi connectivity index (χ3v) is 3.55. The van der Waals surface area contributed by atoms with Crippen LogP contribution < -0.4 is 24.8 Å². The summed E-state index contributed by atoms with van der Waals surface area (Å²) in [6, 6.07) is 10.8. The van der Waals surface area contributed by atoms with Crippen LogP contribution in [0.2, 0.25) is 5.02 Å². The van der Waals surface area contributed by atoms with Gasteiger partial charge in [-0.3, -0.25) is 0 Å². The summed E-state index contributed by atoms with van der Waals surface area (Å²) in [4.78, 5) is 0. The zero-order valence-corrected chi connectivity index (χ0v) is 14.5. The summed E-state index contributed by atoms with van der Waals surface area (Å²) in [6.07, 6.45) is 0. The number of halogens is 1. The highest BCUT2D eigenvalue weighted by Gasteiger charge is 2.11. The van der Waals surface area contributed by atoms with Crippen molar-refractivity contribution in [2.75, 3.05) is 32.0 Å².